The van der Waals surface area contributed by atoms with E-state index in [1.54, 1.807) is 36.4 Å². The van der Waals surface area contributed by atoms with Gasteiger partial charge in [-0.15, -0.1) is 0 Å². The number of anilines is 1. The maximum absolute atomic E-state index is 12.6. The summed E-state index contributed by atoms with van der Waals surface area (Å²) in [7, 11) is -3.29. The zero-order valence-corrected chi connectivity index (χ0v) is 14.8. The summed E-state index contributed by atoms with van der Waals surface area (Å²) < 4.78 is 24.4. The Morgan fingerprint density at radius 3 is 2.24 bits per heavy atom. The molecule has 2 N–H and O–H groups in total. The zero-order chi connectivity index (χ0) is 18.2. The number of halogens is 1. The van der Waals surface area contributed by atoms with Crippen LogP contribution in [0.25, 0.3) is 5.69 Å². The molecule has 0 saturated carbocycles. The molecule has 25 heavy (non-hydrogen) atoms. The van der Waals surface area contributed by atoms with Crippen LogP contribution in [0.1, 0.15) is 15.9 Å². The van der Waals surface area contributed by atoms with Crippen LogP contribution in [0, 0.1) is 0 Å². The molecule has 2 aromatic carbocycles. The molecule has 0 saturated heterocycles. The Hall–Kier alpha value is -2.64. The van der Waals surface area contributed by atoms with Crippen molar-refractivity contribution in [2.75, 3.05) is 12.0 Å². The number of rotatable bonds is 4. The SMILES string of the molecule is CS(=O)(=O)c1ccc(-n2ncc(C(=O)c3ccc(Cl)cc3)c2N)cc1. The van der Waals surface area contributed by atoms with Crippen LogP contribution in [0.2, 0.25) is 5.02 Å². The first-order valence-corrected chi connectivity index (χ1v) is 9.48. The fourth-order valence-corrected chi connectivity index (χ4v) is 3.09. The van der Waals surface area contributed by atoms with Gasteiger partial charge in [-0.25, -0.2) is 13.1 Å². The minimum absolute atomic E-state index is 0.173. The molecule has 3 rings (SSSR count). The van der Waals surface area contributed by atoms with Gasteiger partial charge in [-0.05, 0) is 48.5 Å². The summed E-state index contributed by atoms with van der Waals surface area (Å²) in [6, 6.07) is 12.6. The first kappa shape index (κ1) is 17.2. The van der Waals surface area contributed by atoms with Crippen molar-refractivity contribution in [3.63, 3.8) is 0 Å². The Morgan fingerprint density at radius 2 is 1.68 bits per heavy atom. The molecule has 0 unspecified atom stereocenters. The number of nitrogens with two attached hydrogens (primary N) is 1. The fraction of sp³-hybridized carbons (Fsp3) is 0.0588. The van der Waals surface area contributed by atoms with E-state index in [4.69, 9.17) is 17.3 Å². The van der Waals surface area contributed by atoms with Gasteiger partial charge in [-0.1, -0.05) is 11.6 Å². The second-order valence-electron chi connectivity index (χ2n) is 5.46. The highest BCUT2D eigenvalue weighted by atomic mass is 35.5. The number of ketones is 1. The predicted molar refractivity (Wildman–Crippen MR) is 96.0 cm³/mol. The van der Waals surface area contributed by atoms with E-state index in [0.717, 1.165) is 6.26 Å². The Morgan fingerprint density at radius 1 is 1.08 bits per heavy atom. The number of nitrogen functional groups attached to an aromatic ring is 1. The van der Waals surface area contributed by atoms with Gasteiger partial charge in [0.2, 0.25) is 0 Å². The lowest BCUT2D eigenvalue weighted by Crippen LogP contribution is -2.07. The van der Waals surface area contributed by atoms with E-state index in [-0.39, 0.29) is 22.1 Å². The molecule has 3 aromatic rings. The summed E-state index contributed by atoms with van der Waals surface area (Å²) in [5.41, 5.74) is 7.32. The molecule has 0 amide bonds. The van der Waals surface area contributed by atoms with E-state index in [1.807, 2.05) is 0 Å². The topological polar surface area (TPSA) is 95.0 Å². The first-order valence-electron chi connectivity index (χ1n) is 7.21. The van der Waals surface area contributed by atoms with Crippen LogP contribution in [0.3, 0.4) is 0 Å². The number of carbonyl (C=O) groups is 1. The quantitative estimate of drug-likeness (QED) is 0.707. The van der Waals surface area contributed by atoms with Gasteiger partial charge < -0.3 is 5.73 Å². The standard InChI is InChI=1S/C17H14ClN3O3S/c1-25(23,24)14-8-6-13(7-9-14)21-17(19)15(10-20-21)16(22)11-2-4-12(18)5-3-11/h2-10H,19H2,1H3. The van der Waals surface area contributed by atoms with Crippen molar-refractivity contribution in [2.45, 2.75) is 4.90 Å². The van der Waals surface area contributed by atoms with Gasteiger partial charge in [0, 0.05) is 16.8 Å². The monoisotopic (exact) mass is 375 g/mol. The summed E-state index contributed by atoms with van der Waals surface area (Å²) in [5.74, 6) is -0.0970. The molecule has 0 aliphatic rings. The van der Waals surface area contributed by atoms with Crippen molar-refractivity contribution < 1.29 is 13.2 Å². The predicted octanol–water partition coefficient (Wildman–Crippen LogP) is 2.74. The third-order valence-corrected chi connectivity index (χ3v) is 5.05. The third kappa shape index (κ3) is 3.42. The molecule has 6 nitrogen and oxygen atoms in total. The number of hydrogen-bond acceptors (Lipinski definition) is 5. The van der Waals surface area contributed by atoms with Gasteiger partial charge in [0.05, 0.1) is 22.3 Å². The fourth-order valence-electron chi connectivity index (χ4n) is 2.33. The van der Waals surface area contributed by atoms with Crippen LogP contribution in [-0.4, -0.2) is 30.2 Å². The third-order valence-electron chi connectivity index (χ3n) is 3.67. The molecule has 8 heteroatoms. The summed E-state index contributed by atoms with van der Waals surface area (Å²) in [4.78, 5) is 12.7. The van der Waals surface area contributed by atoms with E-state index in [0.29, 0.717) is 16.3 Å². The van der Waals surface area contributed by atoms with Crippen LogP contribution in [-0.2, 0) is 9.84 Å². The Bertz CT molecular complexity index is 1040. The van der Waals surface area contributed by atoms with Crippen molar-refractivity contribution in [3.8, 4) is 5.69 Å². The average Bonchev–Trinajstić information content (AvgIpc) is 2.96. The van der Waals surface area contributed by atoms with Crippen molar-refractivity contribution in [2.24, 2.45) is 0 Å². The lowest BCUT2D eigenvalue weighted by Gasteiger charge is -2.06. The molecule has 0 bridgehead atoms. The van der Waals surface area contributed by atoms with Crippen LogP contribution in [0.5, 0.6) is 0 Å². The van der Waals surface area contributed by atoms with Crippen molar-refractivity contribution in [3.05, 3.63) is 70.9 Å². The van der Waals surface area contributed by atoms with Gasteiger partial charge in [-0.2, -0.15) is 5.10 Å². The Balaban J connectivity index is 1.96. The highest BCUT2D eigenvalue weighted by molar-refractivity contribution is 7.90. The van der Waals surface area contributed by atoms with E-state index in [1.165, 1.54) is 23.0 Å². The minimum atomic E-state index is -3.29. The average molecular weight is 376 g/mol. The largest absolute Gasteiger partial charge is 0.383 e. The van der Waals surface area contributed by atoms with Gasteiger partial charge in [0.15, 0.2) is 15.6 Å². The summed E-state index contributed by atoms with van der Waals surface area (Å²) in [6.45, 7) is 0. The smallest absolute Gasteiger partial charge is 0.198 e. The number of benzene rings is 2. The molecule has 0 aliphatic carbocycles. The normalized spacial score (nSPS) is 11.4. The molecular weight excluding hydrogens is 362 g/mol. The molecule has 0 atom stereocenters. The second kappa shape index (κ2) is 6.34. The lowest BCUT2D eigenvalue weighted by molar-refractivity contribution is 0.103. The van der Waals surface area contributed by atoms with E-state index in [2.05, 4.69) is 5.10 Å². The molecule has 0 radical (unpaired) electrons. The summed E-state index contributed by atoms with van der Waals surface area (Å²) >= 11 is 5.83. The van der Waals surface area contributed by atoms with Gasteiger partial charge in [0.25, 0.3) is 0 Å². The van der Waals surface area contributed by atoms with Crippen molar-refractivity contribution in [1.29, 1.82) is 0 Å². The second-order valence-corrected chi connectivity index (χ2v) is 7.91. The van der Waals surface area contributed by atoms with Crippen LogP contribution < -0.4 is 5.73 Å². The maximum atomic E-state index is 12.6. The highest BCUT2D eigenvalue weighted by Gasteiger charge is 2.18. The number of sulfone groups is 1. The molecule has 1 heterocycles. The molecular formula is C17H14ClN3O3S. The first-order chi connectivity index (χ1) is 11.8. The number of nitrogens with zero attached hydrogens (tertiary/aromatic N) is 2. The molecule has 0 fully saturated rings. The van der Waals surface area contributed by atoms with E-state index >= 15 is 0 Å². The van der Waals surface area contributed by atoms with Gasteiger partial charge in [-0.3, -0.25) is 4.79 Å². The lowest BCUT2D eigenvalue weighted by atomic mass is 10.1. The number of carbonyl (C=O) groups excluding carboxylic acids is 1. The maximum Gasteiger partial charge on any atom is 0.198 e. The minimum Gasteiger partial charge on any atom is -0.383 e. The van der Waals surface area contributed by atoms with Gasteiger partial charge in [0.1, 0.15) is 5.82 Å². The van der Waals surface area contributed by atoms with E-state index in [9.17, 15) is 13.2 Å². The van der Waals surface area contributed by atoms with Crippen LogP contribution in [0.4, 0.5) is 5.82 Å². The zero-order valence-electron chi connectivity index (χ0n) is 13.2. The molecule has 0 aliphatic heterocycles. The number of hydrogen-bond donors (Lipinski definition) is 1. The van der Waals surface area contributed by atoms with Crippen LogP contribution in [0.15, 0.2) is 59.6 Å². The number of aromatic nitrogens is 2. The highest BCUT2D eigenvalue weighted by Crippen LogP contribution is 2.22. The Labute approximate surface area is 149 Å². The molecule has 0 spiro atoms. The summed E-state index contributed by atoms with van der Waals surface area (Å²) in [6.07, 6.45) is 2.52. The van der Waals surface area contributed by atoms with Crippen molar-refractivity contribution in [1.82, 2.24) is 9.78 Å². The molecule has 1 aromatic heterocycles. The van der Waals surface area contributed by atoms with E-state index < -0.39 is 9.84 Å². The van der Waals surface area contributed by atoms with Gasteiger partial charge >= 0.3 is 0 Å². The van der Waals surface area contributed by atoms with Crippen molar-refractivity contribution >= 4 is 33.0 Å². The Kier molecular flexibility index (Phi) is 4.36. The van der Waals surface area contributed by atoms with Crippen LogP contribution >= 0.6 is 11.6 Å². The molecule has 128 valence electrons. The summed E-state index contributed by atoms with van der Waals surface area (Å²) in [5, 5.41) is 4.67.